The maximum Gasteiger partial charge on any atom is 0.325 e. The second-order valence-corrected chi connectivity index (χ2v) is 4.01. The molecule has 0 radical (unpaired) electrons. The molecule has 18 heavy (non-hydrogen) atoms. The van der Waals surface area contributed by atoms with Gasteiger partial charge in [-0.15, -0.1) is 0 Å². The topological polar surface area (TPSA) is 69.6 Å². The molecule has 0 heterocycles. The Kier molecular flexibility index (Phi) is 5.17. The lowest BCUT2D eigenvalue weighted by atomic mass is 10.2. The molecular weight excluding hydrogens is 232 g/mol. The van der Waals surface area contributed by atoms with Crippen molar-refractivity contribution in [1.29, 1.82) is 0 Å². The van der Waals surface area contributed by atoms with E-state index in [1.54, 1.807) is 4.90 Å². The van der Waals surface area contributed by atoms with Crippen LogP contribution in [0.3, 0.4) is 0 Å². The molecule has 1 aromatic carbocycles. The molecule has 1 unspecified atom stereocenters. The molecule has 98 valence electrons. The summed E-state index contributed by atoms with van der Waals surface area (Å²) in [7, 11) is 0. The molecule has 0 bridgehead atoms. The number of benzene rings is 1. The van der Waals surface area contributed by atoms with E-state index in [1.165, 1.54) is 6.92 Å². The third kappa shape index (κ3) is 4.08. The summed E-state index contributed by atoms with van der Waals surface area (Å²) in [5, 5.41) is 11.2. The smallest absolute Gasteiger partial charge is 0.325 e. The van der Waals surface area contributed by atoms with Crippen molar-refractivity contribution in [1.82, 2.24) is 10.2 Å². The number of urea groups is 1. The predicted molar refractivity (Wildman–Crippen MR) is 68.2 cm³/mol. The van der Waals surface area contributed by atoms with E-state index >= 15 is 0 Å². The first-order valence-corrected chi connectivity index (χ1v) is 5.86. The third-order valence-electron chi connectivity index (χ3n) is 2.60. The van der Waals surface area contributed by atoms with Crippen molar-refractivity contribution in [2.45, 2.75) is 26.4 Å². The quantitative estimate of drug-likeness (QED) is 0.835. The zero-order chi connectivity index (χ0) is 13.5. The Bertz CT molecular complexity index is 406. The third-order valence-corrected chi connectivity index (χ3v) is 2.60. The molecule has 5 heteroatoms. The van der Waals surface area contributed by atoms with E-state index in [-0.39, 0.29) is 6.03 Å². The van der Waals surface area contributed by atoms with Crippen LogP contribution in [0.2, 0.25) is 0 Å². The molecule has 0 fully saturated rings. The number of amides is 2. The van der Waals surface area contributed by atoms with Gasteiger partial charge in [-0.05, 0) is 19.4 Å². The Hall–Kier alpha value is -2.04. The van der Waals surface area contributed by atoms with Crippen LogP contribution in [0.15, 0.2) is 30.3 Å². The summed E-state index contributed by atoms with van der Waals surface area (Å²) in [6.07, 6.45) is 0. The maximum absolute atomic E-state index is 11.8. The monoisotopic (exact) mass is 250 g/mol. The summed E-state index contributed by atoms with van der Waals surface area (Å²) in [5.41, 5.74) is 1.01. The van der Waals surface area contributed by atoms with Crippen LogP contribution in [0.1, 0.15) is 19.4 Å². The van der Waals surface area contributed by atoms with E-state index in [9.17, 15) is 9.59 Å². The van der Waals surface area contributed by atoms with Gasteiger partial charge in [0.2, 0.25) is 0 Å². The summed E-state index contributed by atoms with van der Waals surface area (Å²) in [4.78, 5) is 24.1. The second kappa shape index (κ2) is 6.64. The predicted octanol–water partition coefficient (Wildman–Crippen LogP) is 1.69. The minimum absolute atomic E-state index is 0.365. The number of hydrogen-bond acceptors (Lipinski definition) is 2. The van der Waals surface area contributed by atoms with E-state index < -0.39 is 12.0 Å². The Morgan fingerprint density at radius 1 is 1.33 bits per heavy atom. The molecule has 0 aliphatic carbocycles. The van der Waals surface area contributed by atoms with Crippen LogP contribution in [0.5, 0.6) is 0 Å². The van der Waals surface area contributed by atoms with E-state index in [0.29, 0.717) is 13.1 Å². The summed E-state index contributed by atoms with van der Waals surface area (Å²) in [6.45, 7) is 4.28. The second-order valence-electron chi connectivity index (χ2n) is 4.01. The van der Waals surface area contributed by atoms with Crippen LogP contribution in [-0.4, -0.2) is 34.6 Å². The van der Waals surface area contributed by atoms with Crippen LogP contribution in [0.25, 0.3) is 0 Å². The number of carbonyl (C=O) groups is 2. The van der Waals surface area contributed by atoms with Crippen molar-refractivity contribution in [3.05, 3.63) is 35.9 Å². The minimum atomic E-state index is -1.04. The maximum atomic E-state index is 11.8. The van der Waals surface area contributed by atoms with Crippen molar-refractivity contribution < 1.29 is 14.7 Å². The Labute approximate surface area is 106 Å². The molecule has 0 saturated carbocycles. The van der Waals surface area contributed by atoms with Crippen molar-refractivity contribution in [2.75, 3.05) is 6.54 Å². The molecule has 1 aromatic rings. The van der Waals surface area contributed by atoms with Gasteiger partial charge in [-0.3, -0.25) is 4.79 Å². The van der Waals surface area contributed by atoms with E-state index in [1.807, 2.05) is 37.3 Å². The van der Waals surface area contributed by atoms with Gasteiger partial charge in [-0.2, -0.15) is 0 Å². The van der Waals surface area contributed by atoms with Gasteiger partial charge in [0.15, 0.2) is 0 Å². The molecule has 0 aliphatic rings. The number of carbonyl (C=O) groups excluding carboxylic acids is 1. The van der Waals surface area contributed by atoms with Gasteiger partial charge in [0.05, 0.1) is 0 Å². The molecule has 0 aromatic heterocycles. The van der Waals surface area contributed by atoms with E-state index in [0.717, 1.165) is 5.56 Å². The first-order chi connectivity index (χ1) is 8.54. The van der Waals surface area contributed by atoms with Gasteiger partial charge in [-0.25, -0.2) is 4.79 Å². The zero-order valence-electron chi connectivity index (χ0n) is 10.6. The molecule has 2 amide bonds. The molecule has 1 rings (SSSR count). The highest BCUT2D eigenvalue weighted by atomic mass is 16.4. The fourth-order valence-electron chi connectivity index (χ4n) is 1.47. The fraction of sp³-hybridized carbons (Fsp3) is 0.385. The average Bonchev–Trinajstić information content (AvgIpc) is 2.36. The number of aliphatic carboxylic acids is 1. The lowest BCUT2D eigenvalue weighted by molar-refractivity contribution is -0.138. The highest BCUT2D eigenvalue weighted by Crippen LogP contribution is 2.04. The summed E-state index contributed by atoms with van der Waals surface area (Å²) in [5.74, 6) is -1.04. The number of carboxylic acids is 1. The standard InChI is InChI=1S/C13H18N2O3/c1-3-15(9-11-7-5-4-6-8-11)13(18)14-10(2)12(16)17/h4-8,10H,3,9H2,1-2H3,(H,14,18)(H,16,17). The molecule has 2 N–H and O–H groups in total. The summed E-state index contributed by atoms with van der Waals surface area (Å²) < 4.78 is 0. The molecule has 0 aliphatic heterocycles. The lowest BCUT2D eigenvalue weighted by Gasteiger charge is -2.22. The first-order valence-electron chi connectivity index (χ1n) is 5.86. The first kappa shape index (κ1) is 14.0. The summed E-state index contributed by atoms with van der Waals surface area (Å²) >= 11 is 0. The number of carboxylic acid groups (broad SMARTS) is 1. The molecule has 5 nitrogen and oxygen atoms in total. The largest absolute Gasteiger partial charge is 0.480 e. The van der Waals surface area contributed by atoms with Gasteiger partial charge in [0.1, 0.15) is 6.04 Å². The van der Waals surface area contributed by atoms with Crippen molar-refractivity contribution in [3.8, 4) is 0 Å². The number of hydrogen-bond donors (Lipinski definition) is 2. The molecule has 1 atom stereocenters. The van der Waals surface area contributed by atoms with Gasteiger partial charge in [-0.1, -0.05) is 30.3 Å². The van der Waals surface area contributed by atoms with Crippen LogP contribution in [-0.2, 0) is 11.3 Å². The van der Waals surface area contributed by atoms with Crippen molar-refractivity contribution >= 4 is 12.0 Å². The Morgan fingerprint density at radius 2 is 1.94 bits per heavy atom. The SMILES string of the molecule is CCN(Cc1ccccc1)C(=O)NC(C)C(=O)O. The highest BCUT2D eigenvalue weighted by molar-refractivity contribution is 5.82. The molecule has 0 saturated heterocycles. The zero-order valence-corrected chi connectivity index (χ0v) is 10.6. The normalized spacial score (nSPS) is 11.7. The minimum Gasteiger partial charge on any atom is -0.480 e. The van der Waals surface area contributed by atoms with Gasteiger partial charge in [0, 0.05) is 13.1 Å². The average molecular weight is 250 g/mol. The van der Waals surface area contributed by atoms with Crippen molar-refractivity contribution in [2.24, 2.45) is 0 Å². The fourth-order valence-corrected chi connectivity index (χ4v) is 1.47. The lowest BCUT2D eigenvalue weighted by Crippen LogP contribution is -2.46. The van der Waals surface area contributed by atoms with Crippen molar-refractivity contribution in [3.63, 3.8) is 0 Å². The molecule has 0 spiro atoms. The van der Waals surface area contributed by atoms with Crippen LogP contribution < -0.4 is 5.32 Å². The molecular formula is C13H18N2O3. The van der Waals surface area contributed by atoms with Crippen LogP contribution in [0.4, 0.5) is 4.79 Å². The van der Waals surface area contributed by atoms with E-state index in [4.69, 9.17) is 5.11 Å². The van der Waals surface area contributed by atoms with Gasteiger partial charge < -0.3 is 15.3 Å². The number of rotatable bonds is 5. The van der Waals surface area contributed by atoms with Gasteiger partial charge >= 0.3 is 12.0 Å². The van der Waals surface area contributed by atoms with E-state index in [2.05, 4.69) is 5.32 Å². The van der Waals surface area contributed by atoms with Crippen LogP contribution in [0, 0.1) is 0 Å². The number of nitrogens with one attached hydrogen (secondary N) is 1. The Morgan fingerprint density at radius 3 is 2.44 bits per heavy atom. The number of nitrogens with zero attached hydrogens (tertiary/aromatic N) is 1. The highest BCUT2D eigenvalue weighted by Gasteiger charge is 2.18. The Balaban J connectivity index is 2.61. The summed E-state index contributed by atoms with van der Waals surface area (Å²) in [6, 6.07) is 8.32. The van der Waals surface area contributed by atoms with Gasteiger partial charge in [0.25, 0.3) is 0 Å². The van der Waals surface area contributed by atoms with Crippen LogP contribution >= 0.6 is 0 Å².